The number of halogens is 1. The summed E-state index contributed by atoms with van der Waals surface area (Å²) in [5.41, 5.74) is 2.40. The first kappa shape index (κ1) is 17.4. The lowest BCUT2D eigenvalue weighted by atomic mass is 10.2. The Bertz CT molecular complexity index is 1040. The van der Waals surface area contributed by atoms with Gasteiger partial charge in [0.05, 0.1) is 29.4 Å². The molecule has 0 N–H and O–H groups in total. The highest BCUT2D eigenvalue weighted by Gasteiger charge is 2.15. The van der Waals surface area contributed by atoms with E-state index in [0.29, 0.717) is 10.9 Å². The van der Waals surface area contributed by atoms with E-state index < -0.39 is 0 Å². The second kappa shape index (κ2) is 7.73. The van der Waals surface area contributed by atoms with Gasteiger partial charge in [0.1, 0.15) is 22.7 Å². The van der Waals surface area contributed by atoms with E-state index in [1.165, 1.54) is 18.1 Å². The minimum atomic E-state index is 0.545. The monoisotopic (exact) mass is 396 g/mol. The van der Waals surface area contributed by atoms with Gasteiger partial charge in [0.15, 0.2) is 0 Å². The summed E-state index contributed by atoms with van der Waals surface area (Å²) in [7, 11) is 1.58. The topological polar surface area (TPSA) is 78.6 Å². The summed E-state index contributed by atoms with van der Waals surface area (Å²) < 4.78 is 6.87. The fourth-order valence-electron chi connectivity index (χ4n) is 2.35. The third kappa shape index (κ3) is 3.91. The maximum Gasteiger partial charge on any atom is 0.212 e. The smallest absolute Gasteiger partial charge is 0.212 e. The van der Waals surface area contributed by atoms with Crippen LogP contribution < -0.4 is 4.74 Å². The summed E-state index contributed by atoms with van der Waals surface area (Å²) in [6.07, 6.45) is 10.1. The maximum atomic E-state index is 5.93. The van der Waals surface area contributed by atoms with E-state index in [1.807, 2.05) is 18.3 Å². The number of hydrogen-bond acceptors (Lipinski definition) is 7. The zero-order valence-electron chi connectivity index (χ0n) is 14.2. The molecule has 0 fully saturated rings. The van der Waals surface area contributed by atoms with Crippen LogP contribution in [0, 0.1) is 0 Å². The van der Waals surface area contributed by atoms with Crippen LogP contribution in [0.4, 0.5) is 0 Å². The third-order valence-corrected chi connectivity index (χ3v) is 4.82. The summed E-state index contributed by atoms with van der Waals surface area (Å²) in [6, 6.07) is 7.39. The van der Waals surface area contributed by atoms with Gasteiger partial charge >= 0.3 is 0 Å². The molecule has 0 spiro atoms. The Hall–Kier alpha value is -2.97. The molecule has 134 valence electrons. The Kier molecular flexibility index (Phi) is 4.99. The Morgan fingerprint density at radius 2 is 1.85 bits per heavy atom. The van der Waals surface area contributed by atoms with Crippen molar-refractivity contribution >= 4 is 23.4 Å². The molecule has 0 saturated carbocycles. The number of hydrogen-bond donors (Lipinski definition) is 0. The van der Waals surface area contributed by atoms with Gasteiger partial charge < -0.3 is 4.74 Å². The van der Waals surface area contributed by atoms with Crippen molar-refractivity contribution < 1.29 is 4.74 Å². The standard InChI is InChI=1S/C18H13ClN6OS/c1-26-16-4-2-12(6-22-16)18-15(27-17-5-3-13(19)7-23-17)10-25(24-18)14-8-20-11-21-9-14/h2-11H,1H3. The van der Waals surface area contributed by atoms with E-state index in [4.69, 9.17) is 21.4 Å². The maximum absolute atomic E-state index is 5.93. The number of pyridine rings is 2. The Morgan fingerprint density at radius 1 is 1.00 bits per heavy atom. The molecule has 4 aromatic rings. The predicted octanol–water partition coefficient (Wildman–Crippen LogP) is 3.93. The summed E-state index contributed by atoms with van der Waals surface area (Å²) in [6.45, 7) is 0. The van der Waals surface area contributed by atoms with Crippen LogP contribution in [0.1, 0.15) is 0 Å². The molecule has 0 aliphatic rings. The second-order valence-electron chi connectivity index (χ2n) is 5.39. The summed E-state index contributed by atoms with van der Waals surface area (Å²) in [4.78, 5) is 17.7. The molecule has 4 aromatic heterocycles. The average molecular weight is 397 g/mol. The molecule has 7 nitrogen and oxygen atoms in total. The van der Waals surface area contributed by atoms with E-state index in [9.17, 15) is 0 Å². The Labute approximate surface area is 164 Å². The van der Waals surface area contributed by atoms with E-state index in [0.717, 1.165) is 26.9 Å². The molecule has 0 atom stereocenters. The van der Waals surface area contributed by atoms with Gasteiger partial charge in [0, 0.05) is 30.2 Å². The molecular formula is C18H13ClN6OS. The Balaban J connectivity index is 1.76. The number of aromatic nitrogens is 6. The SMILES string of the molecule is COc1ccc(-c2nn(-c3cncnc3)cc2Sc2ccc(Cl)cn2)cn1. The van der Waals surface area contributed by atoms with Crippen molar-refractivity contribution in [2.24, 2.45) is 0 Å². The first-order chi connectivity index (χ1) is 13.2. The van der Waals surface area contributed by atoms with Gasteiger partial charge in [-0.3, -0.25) is 0 Å². The lowest BCUT2D eigenvalue weighted by molar-refractivity contribution is 0.398. The van der Waals surface area contributed by atoms with Crippen molar-refractivity contribution in [2.75, 3.05) is 7.11 Å². The molecular weight excluding hydrogens is 384 g/mol. The van der Waals surface area contributed by atoms with Crippen LogP contribution in [0.25, 0.3) is 16.9 Å². The van der Waals surface area contributed by atoms with Crippen molar-refractivity contribution in [1.29, 1.82) is 0 Å². The molecule has 4 rings (SSSR count). The third-order valence-electron chi connectivity index (χ3n) is 3.63. The van der Waals surface area contributed by atoms with Crippen LogP contribution in [0.3, 0.4) is 0 Å². The van der Waals surface area contributed by atoms with Crippen molar-refractivity contribution in [3.63, 3.8) is 0 Å². The molecule has 9 heteroatoms. The van der Waals surface area contributed by atoms with E-state index in [-0.39, 0.29) is 0 Å². The molecule has 0 aliphatic carbocycles. The summed E-state index contributed by atoms with van der Waals surface area (Å²) in [5, 5.41) is 6.11. The van der Waals surface area contributed by atoms with Crippen molar-refractivity contribution in [1.82, 2.24) is 29.7 Å². The van der Waals surface area contributed by atoms with Crippen LogP contribution in [0.2, 0.25) is 5.02 Å². The lowest BCUT2D eigenvalue weighted by Crippen LogP contribution is -1.96. The summed E-state index contributed by atoms with van der Waals surface area (Å²) >= 11 is 7.42. The Morgan fingerprint density at radius 3 is 2.52 bits per heavy atom. The molecule has 0 aromatic carbocycles. The normalized spacial score (nSPS) is 10.7. The van der Waals surface area contributed by atoms with Crippen molar-refractivity contribution in [3.8, 4) is 22.8 Å². The van der Waals surface area contributed by atoms with Crippen LogP contribution in [0.15, 0.2) is 71.5 Å². The van der Waals surface area contributed by atoms with Crippen LogP contribution in [0.5, 0.6) is 5.88 Å². The minimum Gasteiger partial charge on any atom is -0.481 e. The first-order valence-corrected chi connectivity index (χ1v) is 9.07. The van der Waals surface area contributed by atoms with Gasteiger partial charge in [-0.05, 0) is 18.2 Å². The fourth-order valence-corrected chi connectivity index (χ4v) is 3.34. The van der Waals surface area contributed by atoms with Gasteiger partial charge in [-0.2, -0.15) is 5.10 Å². The number of nitrogens with zero attached hydrogens (tertiary/aromatic N) is 6. The quantitative estimate of drug-likeness (QED) is 0.505. The van der Waals surface area contributed by atoms with Crippen LogP contribution in [-0.4, -0.2) is 36.8 Å². The van der Waals surface area contributed by atoms with Gasteiger partial charge in [-0.25, -0.2) is 24.6 Å². The largest absolute Gasteiger partial charge is 0.481 e. The molecule has 0 saturated heterocycles. The van der Waals surface area contributed by atoms with E-state index in [2.05, 4.69) is 19.9 Å². The van der Waals surface area contributed by atoms with Crippen molar-refractivity contribution in [2.45, 2.75) is 9.92 Å². The fraction of sp³-hybridized carbons (Fsp3) is 0.0556. The molecule has 0 bridgehead atoms. The number of methoxy groups -OCH3 is 1. The van der Waals surface area contributed by atoms with Gasteiger partial charge in [-0.1, -0.05) is 23.4 Å². The molecule has 0 unspecified atom stereocenters. The predicted molar refractivity (Wildman–Crippen MR) is 102 cm³/mol. The van der Waals surface area contributed by atoms with Gasteiger partial charge in [0.2, 0.25) is 5.88 Å². The zero-order chi connectivity index (χ0) is 18.6. The van der Waals surface area contributed by atoms with Crippen LogP contribution >= 0.6 is 23.4 Å². The van der Waals surface area contributed by atoms with E-state index >= 15 is 0 Å². The highest BCUT2D eigenvalue weighted by molar-refractivity contribution is 7.99. The van der Waals surface area contributed by atoms with Gasteiger partial charge in [0.25, 0.3) is 0 Å². The van der Waals surface area contributed by atoms with Crippen molar-refractivity contribution in [3.05, 3.63) is 66.6 Å². The number of ether oxygens (including phenoxy) is 1. The highest BCUT2D eigenvalue weighted by Crippen LogP contribution is 2.35. The number of rotatable bonds is 5. The molecule has 0 aliphatic heterocycles. The van der Waals surface area contributed by atoms with E-state index in [1.54, 1.807) is 48.7 Å². The highest BCUT2D eigenvalue weighted by atomic mass is 35.5. The van der Waals surface area contributed by atoms with Crippen LogP contribution in [-0.2, 0) is 0 Å². The average Bonchev–Trinajstić information content (AvgIpc) is 3.14. The molecule has 0 radical (unpaired) electrons. The minimum absolute atomic E-state index is 0.545. The molecule has 27 heavy (non-hydrogen) atoms. The second-order valence-corrected chi connectivity index (χ2v) is 6.89. The van der Waals surface area contributed by atoms with Gasteiger partial charge in [-0.15, -0.1) is 0 Å². The molecule has 0 amide bonds. The molecule has 4 heterocycles. The summed E-state index contributed by atoms with van der Waals surface area (Å²) in [5.74, 6) is 0.545. The first-order valence-electron chi connectivity index (χ1n) is 7.88. The lowest BCUT2D eigenvalue weighted by Gasteiger charge is -2.03. The zero-order valence-corrected chi connectivity index (χ0v) is 15.7.